The third kappa shape index (κ3) is 3.89. The summed E-state index contributed by atoms with van der Waals surface area (Å²) in [5.41, 5.74) is 0.588. The quantitative estimate of drug-likeness (QED) is 0.603. The molecule has 0 saturated carbocycles. The Bertz CT molecular complexity index is 733. The molecule has 3 rings (SSSR count). The van der Waals surface area contributed by atoms with Gasteiger partial charge in [0.05, 0.1) is 9.93 Å². The predicted molar refractivity (Wildman–Crippen MR) is 98.2 cm³/mol. The minimum atomic E-state index is -0.433. The average molecular weight is 384 g/mol. The van der Waals surface area contributed by atoms with Crippen LogP contribution in [0.25, 0.3) is 6.08 Å². The van der Waals surface area contributed by atoms with E-state index in [1.54, 1.807) is 29.2 Å². The summed E-state index contributed by atoms with van der Waals surface area (Å²) in [6.45, 7) is 2.66. The Morgan fingerprint density at radius 2 is 2.12 bits per heavy atom. The van der Waals surface area contributed by atoms with Crippen molar-refractivity contribution in [2.75, 3.05) is 26.2 Å². The molecule has 2 fully saturated rings. The van der Waals surface area contributed by atoms with Gasteiger partial charge in [-0.15, -0.1) is 0 Å². The van der Waals surface area contributed by atoms with Crippen LogP contribution in [0.1, 0.15) is 5.56 Å². The van der Waals surface area contributed by atoms with Crippen molar-refractivity contribution >= 4 is 58.0 Å². The molecule has 126 valence electrons. The smallest absolute Gasteiger partial charge is 0.409 e. The van der Waals surface area contributed by atoms with Gasteiger partial charge in [0.1, 0.15) is 4.32 Å². The van der Waals surface area contributed by atoms with E-state index >= 15 is 0 Å². The second-order valence-corrected chi connectivity index (χ2v) is 7.21. The Hall–Kier alpha value is -1.61. The molecule has 0 unspecified atom stereocenters. The van der Waals surface area contributed by atoms with E-state index in [1.165, 1.54) is 11.8 Å². The van der Waals surface area contributed by atoms with E-state index in [9.17, 15) is 9.59 Å². The van der Waals surface area contributed by atoms with Gasteiger partial charge < -0.3 is 20.3 Å². The molecule has 1 aromatic carbocycles. The topological polar surface area (TPSA) is 70.7 Å². The van der Waals surface area contributed by atoms with Gasteiger partial charge in [-0.05, 0) is 17.7 Å². The number of nitrogens with one attached hydrogen (secondary N) is 2. The number of nitrogens with zero attached hydrogens (tertiary/aromatic N) is 1. The Balaban J connectivity index is 1.78. The Morgan fingerprint density at radius 1 is 1.38 bits per heavy atom. The first-order valence-corrected chi connectivity index (χ1v) is 8.86. The highest BCUT2D eigenvalue weighted by Gasteiger charge is 2.23. The number of ether oxygens (including phenoxy) is 1. The number of amides is 2. The lowest BCUT2D eigenvalue weighted by Gasteiger charge is -2.26. The lowest BCUT2D eigenvalue weighted by molar-refractivity contribution is -0.115. The van der Waals surface area contributed by atoms with Crippen LogP contribution in [0.2, 0.25) is 5.02 Å². The fourth-order valence-corrected chi connectivity index (χ4v) is 3.54. The zero-order valence-electron chi connectivity index (χ0n) is 12.5. The van der Waals surface area contributed by atoms with Crippen molar-refractivity contribution in [2.45, 2.75) is 0 Å². The van der Waals surface area contributed by atoms with Crippen molar-refractivity contribution in [3.8, 4) is 5.75 Å². The standard InChI is InChI=1S/C15H14ClN3O3S2/c16-12-9(8-11-13(20)18-14(23)24-11)2-1-3-10(12)22-15(21)19-6-4-17-5-7-19/h1-3,8,17H,4-7H2,(H,18,20,23)/b11-8-. The van der Waals surface area contributed by atoms with E-state index in [0.29, 0.717) is 27.9 Å². The van der Waals surface area contributed by atoms with Gasteiger partial charge in [-0.25, -0.2) is 4.79 Å². The number of hydrogen-bond donors (Lipinski definition) is 2. The van der Waals surface area contributed by atoms with Crippen LogP contribution >= 0.6 is 35.6 Å². The lowest BCUT2D eigenvalue weighted by Crippen LogP contribution is -2.47. The van der Waals surface area contributed by atoms with E-state index in [4.69, 9.17) is 28.6 Å². The molecule has 9 heteroatoms. The van der Waals surface area contributed by atoms with Crippen LogP contribution in [0, 0.1) is 0 Å². The number of carbonyl (C=O) groups is 2. The van der Waals surface area contributed by atoms with Crippen molar-refractivity contribution in [2.24, 2.45) is 0 Å². The number of benzene rings is 1. The Labute approximate surface area is 153 Å². The van der Waals surface area contributed by atoms with Gasteiger partial charge in [-0.1, -0.05) is 47.7 Å². The summed E-state index contributed by atoms with van der Waals surface area (Å²) in [6, 6.07) is 5.08. The van der Waals surface area contributed by atoms with Gasteiger partial charge in [0, 0.05) is 26.2 Å². The molecule has 0 radical (unpaired) electrons. The third-order valence-corrected chi connectivity index (χ3v) is 5.06. The largest absolute Gasteiger partial charge is 0.415 e. The number of halogens is 1. The third-order valence-electron chi connectivity index (χ3n) is 3.49. The number of thiocarbonyl (C=S) groups is 1. The molecule has 1 aromatic rings. The Kier molecular flexibility index (Phi) is 5.40. The van der Waals surface area contributed by atoms with Crippen LogP contribution < -0.4 is 15.4 Å². The van der Waals surface area contributed by atoms with Crippen molar-refractivity contribution in [3.63, 3.8) is 0 Å². The molecule has 2 aliphatic heterocycles. The van der Waals surface area contributed by atoms with Gasteiger partial charge in [0.25, 0.3) is 5.91 Å². The fourth-order valence-electron chi connectivity index (χ4n) is 2.29. The minimum absolute atomic E-state index is 0.260. The molecule has 2 saturated heterocycles. The molecule has 0 spiro atoms. The monoisotopic (exact) mass is 383 g/mol. The van der Waals surface area contributed by atoms with Gasteiger partial charge in [0.2, 0.25) is 0 Å². The maximum atomic E-state index is 12.2. The first-order valence-electron chi connectivity index (χ1n) is 7.25. The summed E-state index contributed by atoms with van der Waals surface area (Å²) in [6.07, 6.45) is 1.20. The van der Waals surface area contributed by atoms with Crippen molar-refractivity contribution in [1.82, 2.24) is 15.5 Å². The zero-order chi connectivity index (χ0) is 17.1. The molecule has 2 aliphatic rings. The van der Waals surface area contributed by atoms with E-state index in [-0.39, 0.29) is 16.7 Å². The molecule has 0 bridgehead atoms. The zero-order valence-corrected chi connectivity index (χ0v) is 14.9. The summed E-state index contributed by atoms with van der Waals surface area (Å²) in [4.78, 5) is 26.0. The van der Waals surface area contributed by atoms with Crippen LogP contribution in [0.4, 0.5) is 4.79 Å². The predicted octanol–water partition coefficient (Wildman–Crippen LogP) is 2.23. The molecule has 0 atom stereocenters. The second kappa shape index (κ2) is 7.52. The van der Waals surface area contributed by atoms with Gasteiger partial charge in [-0.3, -0.25) is 4.79 Å². The van der Waals surface area contributed by atoms with E-state index < -0.39 is 6.09 Å². The van der Waals surface area contributed by atoms with Gasteiger partial charge in [0.15, 0.2) is 5.75 Å². The van der Waals surface area contributed by atoms with Crippen molar-refractivity contribution in [1.29, 1.82) is 0 Å². The molecule has 2 amide bonds. The number of rotatable bonds is 2. The average Bonchev–Trinajstić information content (AvgIpc) is 2.89. The molecular weight excluding hydrogens is 370 g/mol. The van der Waals surface area contributed by atoms with Crippen LogP contribution in [-0.4, -0.2) is 47.4 Å². The number of thioether (sulfide) groups is 1. The molecule has 0 aromatic heterocycles. The van der Waals surface area contributed by atoms with E-state index in [1.807, 2.05) is 0 Å². The summed E-state index contributed by atoms with van der Waals surface area (Å²) >= 11 is 12.5. The first-order chi connectivity index (χ1) is 11.5. The summed E-state index contributed by atoms with van der Waals surface area (Å²) in [7, 11) is 0. The van der Waals surface area contributed by atoms with Crippen LogP contribution in [-0.2, 0) is 4.79 Å². The minimum Gasteiger partial charge on any atom is -0.409 e. The van der Waals surface area contributed by atoms with E-state index in [0.717, 1.165) is 13.1 Å². The first kappa shape index (κ1) is 17.2. The lowest BCUT2D eigenvalue weighted by atomic mass is 10.2. The fraction of sp³-hybridized carbons (Fsp3) is 0.267. The molecule has 2 heterocycles. The van der Waals surface area contributed by atoms with Crippen molar-refractivity contribution < 1.29 is 14.3 Å². The van der Waals surface area contributed by atoms with Gasteiger partial charge in [-0.2, -0.15) is 0 Å². The molecule has 24 heavy (non-hydrogen) atoms. The SMILES string of the molecule is O=C1NC(=S)S/C1=C\c1cccc(OC(=O)N2CCNCC2)c1Cl. The maximum absolute atomic E-state index is 12.2. The highest BCUT2D eigenvalue weighted by Crippen LogP contribution is 2.33. The van der Waals surface area contributed by atoms with Gasteiger partial charge >= 0.3 is 6.09 Å². The number of hydrogen-bond acceptors (Lipinski definition) is 6. The molecular formula is C15H14ClN3O3S2. The van der Waals surface area contributed by atoms with Crippen LogP contribution in [0.15, 0.2) is 23.1 Å². The van der Waals surface area contributed by atoms with Crippen molar-refractivity contribution in [3.05, 3.63) is 33.7 Å². The summed E-state index contributed by atoms with van der Waals surface area (Å²) in [5, 5.41) is 5.99. The molecule has 2 N–H and O–H groups in total. The molecule has 0 aliphatic carbocycles. The summed E-state index contributed by atoms with van der Waals surface area (Å²) < 4.78 is 5.81. The maximum Gasteiger partial charge on any atom is 0.415 e. The second-order valence-electron chi connectivity index (χ2n) is 5.12. The molecule has 6 nitrogen and oxygen atoms in total. The normalized spacial score (nSPS) is 19.5. The van der Waals surface area contributed by atoms with Crippen LogP contribution in [0.5, 0.6) is 5.75 Å². The highest BCUT2D eigenvalue weighted by atomic mass is 35.5. The van der Waals surface area contributed by atoms with Crippen LogP contribution in [0.3, 0.4) is 0 Å². The van der Waals surface area contributed by atoms with E-state index in [2.05, 4.69) is 10.6 Å². The highest BCUT2D eigenvalue weighted by molar-refractivity contribution is 8.26. The number of carbonyl (C=O) groups excluding carboxylic acids is 2. The Morgan fingerprint density at radius 3 is 2.79 bits per heavy atom. The summed E-state index contributed by atoms with van der Waals surface area (Å²) in [5.74, 6) is 0.00446. The number of piperazine rings is 1.